The van der Waals surface area contributed by atoms with Gasteiger partial charge in [0.05, 0.1) is 6.04 Å². The molecule has 1 unspecified atom stereocenters. The number of thiophene rings is 1. The quantitative estimate of drug-likeness (QED) is 0.784. The Morgan fingerprint density at radius 1 is 1.69 bits per heavy atom. The molecule has 1 aromatic rings. The smallest absolute Gasteiger partial charge is 0.315 e. The summed E-state index contributed by atoms with van der Waals surface area (Å²) in [5, 5.41) is 1.96. The first kappa shape index (κ1) is 11.5. The van der Waals surface area contributed by atoms with Crippen LogP contribution in [0.2, 0.25) is 0 Å². The Balaban J connectivity index is 2.27. The van der Waals surface area contributed by atoms with Crippen LogP contribution in [-0.2, 0) is 11.2 Å². The molecule has 1 aliphatic heterocycles. The molecule has 16 heavy (non-hydrogen) atoms. The van der Waals surface area contributed by atoms with Crippen molar-refractivity contribution in [1.82, 2.24) is 4.90 Å². The first-order valence-electron chi connectivity index (χ1n) is 5.30. The van der Waals surface area contributed by atoms with E-state index in [-0.39, 0.29) is 6.04 Å². The number of amides is 1. The zero-order valence-electron chi connectivity index (χ0n) is 8.95. The van der Waals surface area contributed by atoms with Crippen LogP contribution in [0.25, 0.3) is 0 Å². The van der Waals surface area contributed by atoms with Gasteiger partial charge in [-0.25, -0.2) is 0 Å². The SMILES string of the molecule is CCC1c2ccsc2CCN1C(=O)C(F)F. The monoisotopic (exact) mass is 245 g/mol. The maximum atomic E-state index is 12.4. The van der Waals surface area contributed by atoms with Crippen molar-refractivity contribution in [2.24, 2.45) is 0 Å². The van der Waals surface area contributed by atoms with Crippen molar-refractivity contribution in [3.05, 3.63) is 21.9 Å². The van der Waals surface area contributed by atoms with E-state index in [1.807, 2.05) is 18.4 Å². The van der Waals surface area contributed by atoms with E-state index in [4.69, 9.17) is 0 Å². The molecule has 0 aromatic carbocycles. The second-order valence-electron chi connectivity index (χ2n) is 3.81. The second-order valence-corrected chi connectivity index (χ2v) is 4.81. The van der Waals surface area contributed by atoms with Gasteiger partial charge in [-0.3, -0.25) is 4.79 Å². The first-order chi connectivity index (χ1) is 7.65. The maximum absolute atomic E-state index is 12.4. The van der Waals surface area contributed by atoms with Crippen LogP contribution in [0, 0.1) is 0 Å². The van der Waals surface area contributed by atoms with Crippen molar-refractivity contribution in [1.29, 1.82) is 0 Å². The summed E-state index contributed by atoms with van der Waals surface area (Å²) in [6, 6.07) is 1.77. The number of hydrogen-bond donors (Lipinski definition) is 0. The molecule has 0 N–H and O–H groups in total. The van der Waals surface area contributed by atoms with Gasteiger partial charge in [0.25, 0.3) is 5.91 Å². The van der Waals surface area contributed by atoms with Crippen LogP contribution in [0.5, 0.6) is 0 Å². The molecule has 0 bridgehead atoms. The highest BCUT2D eigenvalue weighted by molar-refractivity contribution is 7.10. The molecular formula is C11H13F2NOS. The fourth-order valence-electron chi connectivity index (χ4n) is 2.23. The van der Waals surface area contributed by atoms with E-state index >= 15 is 0 Å². The lowest BCUT2D eigenvalue weighted by atomic mass is 9.98. The highest BCUT2D eigenvalue weighted by Gasteiger charge is 2.33. The summed E-state index contributed by atoms with van der Waals surface area (Å²) in [7, 11) is 0. The van der Waals surface area contributed by atoms with E-state index in [0.717, 1.165) is 5.56 Å². The van der Waals surface area contributed by atoms with Crippen molar-refractivity contribution in [2.75, 3.05) is 6.54 Å². The molecule has 0 saturated heterocycles. The van der Waals surface area contributed by atoms with Crippen LogP contribution in [-0.4, -0.2) is 23.8 Å². The number of halogens is 2. The zero-order valence-corrected chi connectivity index (χ0v) is 9.77. The van der Waals surface area contributed by atoms with E-state index in [0.29, 0.717) is 19.4 Å². The summed E-state index contributed by atoms with van der Waals surface area (Å²) in [6.07, 6.45) is -1.52. The molecule has 0 fully saturated rings. The summed E-state index contributed by atoms with van der Waals surface area (Å²) >= 11 is 1.64. The average molecular weight is 245 g/mol. The minimum absolute atomic E-state index is 0.170. The van der Waals surface area contributed by atoms with E-state index in [2.05, 4.69) is 0 Å². The standard InChI is InChI=1S/C11H13F2NOS/c1-2-8-7-4-6-16-9(7)3-5-14(8)11(15)10(12)13/h4,6,8,10H,2-3,5H2,1H3. The molecular weight excluding hydrogens is 232 g/mol. The molecule has 2 rings (SSSR count). The molecule has 1 atom stereocenters. The first-order valence-corrected chi connectivity index (χ1v) is 6.18. The Kier molecular flexibility index (Phi) is 3.23. The van der Waals surface area contributed by atoms with Crippen molar-refractivity contribution in [2.45, 2.75) is 32.2 Å². The minimum atomic E-state index is -2.89. The average Bonchev–Trinajstić information content (AvgIpc) is 2.74. The highest BCUT2D eigenvalue weighted by Crippen LogP contribution is 2.35. The second kappa shape index (κ2) is 4.49. The lowest BCUT2D eigenvalue weighted by Crippen LogP contribution is -2.42. The Bertz CT molecular complexity index is 391. The van der Waals surface area contributed by atoms with Gasteiger partial charge in [0, 0.05) is 11.4 Å². The van der Waals surface area contributed by atoms with Crippen LogP contribution >= 0.6 is 11.3 Å². The molecule has 0 spiro atoms. The van der Waals surface area contributed by atoms with Crippen LogP contribution in [0.15, 0.2) is 11.4 Å². The molecule has 0 aliphatic carbocycles. The number of alkyl halides is 2. The van der Waals surface area contributed by atoms with Gasteiger partial charge in [-0.1, -0.05) is 6.92 Å². The van der Waals surface area contributed by atoms with Crippen LogP contribution in [0.4, 0.5) is 8.78 Å². The molecule has 88 valence electrons. The van der Waals surface area contributed by atoms with Gasteiger partial charge in [0.15, 0.2) is 0 Å². The highest BCUT2D eigenvalue weighted by atomic mass is 32.1. The predicted octanol–water partition coefficient (Wildman–Crippen LogP) is 2.85. The van der Waals surface area contributed by atoms with Gasteiger partial charge in [-0.05, 0) is 29.9 Å². The van der Waals surface area contributed by atoms with E-state index in [1.165, 1.54) is 9.78 Å². The van der Waals surface area contributed by atoms with Crippen molar-refractivity contribution < 1.29 is 13.6 Å². The predicted molar refractivity (Wildman–Crippen MR) is 58.8 cm³/mol. The number of rotatable bonds is 2. The third-order valence-electron chi connectivity index (χ3n) is 2.95. The Labute approximate surface area is 96.9 Å². The summed E-state index contributed by atoms with van der Waals surface area (Å²) < 4.78 is 24.9. The molecule has 1 aliphatic rings. The van der Waals surface area contributed by atoms with E-state index in [1.54, 1.807) is 11.3 Å². The maximum Gasteiger partial charge on any atom is 0.315 e. The van der Waals surface area contributed by atoms with Crippen molar-refractivity contribution in [3.8, 4) is 0 Å². The van der Waals surface area contributed by atoms with Crippen molar-refractivity contribution >= 4 is 17.2 Å². The van der Waals surface area contributed by atoms with Crippen LogP contribution < -0.4 is 0 Å². The third kappa shape index (κ3) is 1.84. The number of fused-ring (bicyclic) bond motifs is 1. The van der Waals surface area contributed by atoms with Gasteiger partial charge in [0.1, 0.15) is 0 Å². The molecule has 5 heteroatoms. The Hall–Kier alpha value is -0.970. The Morgan fingerprint density at radius 3 is 3.06 bits per heavy atom. The minimum Gasteiger partial charge on any atom is -0.330 e. The third-order valence-corrected chi connectivity index (χ3v) is 3.95. The number of carbonyl (C=O) groups excluding carboxylic acids is 1. The van der Waals surface area contributed by atoms with Gasteiger partial charge in [-0.15, -0.1) is 11.3 Å². The summed E-state index contributed by atoms with van der Waals surface area (Å²) in [5.74, 6) is -1.04. The topological polar surface area (TPSA) is 20.3 Å². The van der Waals surface area contributed by atoms with Gasteiger partial charge in [-0.2, -0.15) is 8.78 Å². The van der Waals surface area contributed by atoms with Crippen LogP contribution in [0.3, 0.4) is 0 Å². The van der Waals surface area contributed by atoms with Crippen LogP contribution in [0.1, 0.15) is 29.8 Å². The van der Waals surface area contributed by atoms with Gasteiger partial charge < -0.3 is 4.90 Å². The number of carbonyl (C=O) groups is 1. The Morgan fingerprint density at radius 2 is 2.44 bits per heavy atom. The van der Waals surface area contributed by atoms with E-state index < -0.39 is 12.3 Å². The normalized spacial score (nSPS) is 20.0. The fourth-order valence-corrected chi connectivity index (χ4v) is 3.15. The molecule has 1 amide bonds. The van der Waals surface area contributed by atoms with Gasteiger partial charge >= 0.3 is 6.43 Å². The fraction of sp³-hybridized carbons (Fsp3) is 0.545. The molecule has 0 radical (unpaired) electrons. The molecule has 2 nitrogen and oxygen atoms in total. The summed E-state index contributed by atoms with van der Waals surface area (Å²) in [5.41, 5.74) is 1.05. The zero-order chi connectivity index (χ0) is 11.7. The number of hydrogen-bond acceptors (Lipinski definition) is 2. The molecule has 0 saturated carbocycles. The lowest BCUT2D eigenvalue weighted by Gasteiger charge is -2.35. The van der Waals surface area contributed by atoms with E-state index in [9.17, 15) is 13.6 Å². The molecule has 1 aromatic heterocycles. The molecule has 2 heterocycles. The summed E-state index contributed by atoms with van der Waals surface area (Å²) in [4.78, 5) is 13.9. The largest absolute Gasteiger partial charge is 0.330 e. The van der Waals surface area contributed by atoms with Gasteiger partial charge in [0.2, 0.25) is 0 Å². The number of nitrogens with zero attached hydrogens (tertiary/aromatic N) is 1. The lowest BCUT2D eigenvalue weighted by molar-refractivity contribution is -0.146. The summed E-state index contributed by atoms with van der Waals surface area (Å²) in [6.45, 7) is 2.33. The van der Waals surface area contributed by atoms with Crippen molar-refractivity contribution in [3.63, 3.8) is 0 Å².